The molecule has 1 unspecified atom stereocenters. The summed E-state index contributed by atoms with van der Waals surface area (Å²) in [7, 11) is 3.18. The molecule has 1 amide bonds. The molecule has 0 fully saturated rings. The second-order valence-electron chi connectivity index (χ2n) is 6.14. The zero-order valence-corrected chi connectivity index (χ0v) is 14.2. The highest BCUT2D eigenvalue weighted by Crippen LogP contribution is 2.40. The summed E-state index contributed by atoms with van der Waals surface area (Å²) in [6.45, 7) is 0.482. The van der Waals surface area contributed by atoms with Gasteiger partial charge in [0.15, 0.2) is 11.5 Å². The topological polar surface area (TPSA) is 73.2 Å². The van der Waals surface area contributed by atoms with E-state index < -0.39 is 6.23 Å². The van der Waals surface area contributed by atoms with Gasteiger partial charge in [-0.2, -0.15) is 0 Å². The first kappa shape index (κ1) is 15.3. The third-order valence-corrected chi connectivity index (χ3v) is 5.87. The van der Waals surface area contributed by atoms with Gasteiger partial charge in [0.05, 0.1) is 24.4 Å². The van der Waals surface area contributed by atoms with Crippen LogP contribution in [0.15, 0.2) is 23.6 Å². The van der Waals surface area contributed by atoms with Gasteiger partial charge in [-0.25, -0.2) is 0 Å². The van der Waals surface area contributed by atoms with E-state index in [1.807, 2.05) is 11.4 Å². The number of aliphatic hydroxyl groups is 1. The monoisotopic (exact) mass is 346 g/mol. The molecule has 2 aliphatic heterocycles. The fourth-order valence-electron chi connectivity index (χ4n) is 3.52. The SMILES string of the molecule is COc1cc2c(cc1O)N(C)C(O)[C@@H]1Cc3sccc3CN1C2=O. The van der Waals surface area contributed by atoms with Gasteiger partial charge in [-0.15, -0.1) is 11.3 Å². The van der Waals surface area contributed by atoms with Crippen molar-refractivity contribution in [2.75, 3.05) is 19.1 Å². The quantitative estimate of drug-likeness (QED) is 0.824. The molecule has 2 aliphatic rings. The number of nitrogens with zero attached hydrogens (tertiary/aromatic N) is 2. The Morgan fingerprint density at radius 1 is 1.38 bits per heavy atom. The van der Waals surface area contributed by atoms with Crippen molar-refractivity contribution < 1.29 is 19.7 Å². The molecular formula is C17H18N2O4S. The first-order valence-electron chi connectivity index (χ1n) is 7.69. The maximum Gasteiger partial charge on any atom is 0.256 e. The number of rotatable bonds is 1. The number of phenolic OH excluding ortho intramolecular Hbond substituents is 1. The fourth-order valence-corrected chi connectivity index (χ4v) is 4.46. The zero-order chi connectivity index (χ0) is 17.0. The van der Waals surface area contributed by atoms with Gasteiger partial charge in [0, 0.05) is 31.0 Å². The Labute approximate surface area is 143 Å². The van der Waals surface area contributed by atoms with Crippen molar-refractivity contribution >= 4 is 22.9 Å². The Morgan fingerprint density at radius 2 is 2.17 bits per heavy atom. The number of phenols is 1. The largest absolute Gasteiger partial charge is 0.504 e. The van der Waals surface area contributed by atoms with Gasteiger partial charge in [-0.3, -0.25) is 4.79 Å². The average molecular weight is 346 g/mol. The van der Waals surface area contributed by atoms with Crippen LogP contribution in [0.4, 0.5) is 5.69 Å². The number of methoxy groups -OCH3 is 1. The Kier molecular flexibility index (Phi) is 3.43. The van der Waals surface area contributed by atoms with Crippen LogP contribution in [0.1, 0.15) is 20.8 Å². The summed E-state index contributed by atoms with van der Waals surface area (Å²) in [5, 5.41) is 22.9. The Morgan fingerprint density at radius 3 is 2.92 bits per heavy atom. The third kappa shape index (κ3) is 2.08. The number of anilines is 1. The molecule has 7 heteroatoms. The first-order valence-corrected chi connectivity index (χ1v) is 8.57. The number of likely N-dealkylation sites (N-methyl/N-ethyl adjacent to an activating group) is 1. The van der Waals surface area contributed by atoms with Crippen molar-refractivity contribution in [1.82, 2.24) is 4.90 Å². The predicted octanol–water partition coefficient (Wildman–Crippen LogP) is 1.80. The second kappa shape index (κ2) is 5.39. The lowest BCUT2D eigenvalue weighted by molar-refractivity contribution is 0.0331. The summed E-state index contributed by atoms with van der Waals surface area (Å²) in [6, 6.07) is 4.72. The molecule has 6 nitrogen and oxygen atoms in total. The van der Waals surface area contributed by atoms with Crippen LogP contribution in [0.25, 0.3) is 0 Å². The van der Waals surface area contributed by atoms with Crippen molar-refractivity contribution in [2.45, 2.75) is 25.2 Å². The second-order valence-corrected chi connectivity index (χ2v) is 7.14. The van der Waals surface area contributed by atoms with E-state index in [9.17, 15) is 15.0 Å². The smallest absolute Gasteiger partial charge is 0.256 e. The lowest BCUT2D eigenvalue weighted by Gasteiger charge is -2.38. The summed E-state index contributed by atoms with van der Waals surface area (Å²) >= 11 is 1.66. The number of fused-ring (bicyclic) bond motifs is 3. The molecule has 0 radical (unpaired) electrons. The number of ether oxygens (including phenoxy) is 1. The van der Waals surface area contributed by atoms with Gasteiger partial charge in [-0.1, -0.05) is 0 Å². The van der Waals surface area contributed by atoms with E-state index >= 15 is 0 Å². The molecule has 2 atom stereocenters. The minimum absolute atomic E-state index is 0.0536. The molecule has 0 spiro atoms. The molecule has 0 bridgehead atoms. The van der Waals surface area contributed by atoms with Crippen LogP contribution >= 0.6 is 11.3 Å². The predicted molar refractivity (Wildman–Crippen MR) is 90.8 cm³/mol. The van der Waals surface area contributed by atoms with Crippen LogP contribution in [-0.4, -0.2) is 47.4 Å². The van der Waals surface area contributed by atoms with Crippen LogP contribution in [0.2, 0.25) is 0 Å². The lowest BCUT2D eigenvalue weighted by Crippen LogP contribution is -2.53. The first-order chi connectivity index (χ1) is 11.5. The van der Waals surface area contributed by atoms with Gasteiger partial charge in [0.1, 0.15) is 6.23 Å². The summed E-state index contributed by atoms with van der Waals surface area (Å²) < 4.78 is 5.14. The number of carbonyl (C=O) groups is 1. The number of hydrogen-bond acceptors (Lipinski definition) is 6. The highest BCUT2D eigenvalue weighted by atomic mass is 32.1. The van der Waals surface area contributed by atoms with Crippen molar-refractivity contribution in [1.29, 1.82) is 0 Å². The Bertz CT molecular complexity index is 819. The number of thiophene rings is 1. The number of carbonyl (C=O) groups excluding carboxylic acids is 1. The van der Waals surface area contributed by atoms with Crippen LogP contribution in [0.3, 0.4) is 0 Å². The molecule has 4 rings (SSSR count). The fraction of sp³-hybridized carbons (Fsp3) is 0.353. The molecule has 0 saturated carbocycles. The zero-order valence-electron chi connectivity index (χ0n) is 13.4. The summed E-state index contributed by atoms with van der Waals surface area (Å²) in [5.74, 6) is 0.0345. The summed E-state index contributed by atoms with van der Waals surface area (Å²) in [4.78, 5) is 17.7. The Hall–Kier alpha value is -2.25. The molecule has 1 aromatic heterocycles. The molecule has 24 heavy (non-hydrogen) atoms. The van der Waals surface area contributed by atoms with Gasteiger partial charge in [0.2, 0.25) is 0 Å². The van der Waals surface area contributed by atoms with Crippen LogP contribution in [-0.2, 0) is 13.0 Å². The van der Waals surface area contributed by atoms with E-state index in [-0.39, 0.29) is 23.4 Å². The van der Waals surface area contributed by atoms with Crippen LogP contribution < -0.4 is 9.64 Å². The maximum atomic E-state index is 13.1. The maximum absolute atomic E-state index is 13.1. The molecular weight excluding hydrogens is 328 g/mol. The molecule has 2 aromatic rings. The summed E-state index contributed by atoms with van der Waals surface area (Å²) in [5.41, 5.74) is 2.06. The van der Waals surface area contributed by atoms with Gasteiger partial charge >= 0.3 is 0 Å². The van der Waals surface area contributed by atoms with Crippen LogP contribution in [0, 0.1) is 0 Å². The molecule has 126 valence electrons. The molecule has 0 aliphatic carbocycles. The van der Waals surface area contributed by atoms with E-state index in [4.69, 9.17) is 4.74 Å². The van der Waals surface area contributed by atoms with Crippen molar-refractivity contribution in [3.8, 4) is 11.5 Å². The highest BCUT2D eigenvalue weighted by molar-refractivity contribution is 7.10. The Balaban J connectivity index is 1.86. The highest BCUT2D eigenvalue weighted by Gasteiger charge is 2.41. The van der Waals surface area contributed by atoms with E-state index in [0.717, 1.165) is 5.56 Å². The van der Waals surface area contributed by atoms with E-state index in [0.29, 0.717) is 24.2 Å². The van der Waals surface area contributed by atoms with Crippen molar-refractivity contribution in [3.63, 3.8) is 0 Å². The van der Waals surface area contributed by atoms with Crippen molar-refractivity contribution in [3.05, 3.63) is 39.6 Å². The van der Waals surface area contributed by atoms with Gasteiger partial charge in [0.25, 0.3) is 5.91 Å². The molecule has 0 saturated heterocycles. The van der Waals surface area contributed by atoms with E-state index in [1.54, 1.807) is 34.3 Å². The standard InChI is InChI=1S/C17H18N2O4S/c1-18-11-6-13(20)14(23-2)5-10(11)16(21)19-8-9-3-4-24-15(9)7-12(19)17(18)22/h3-6,12,17,20,22H,7-8H2,1-2H3/t12-,17?/m0/s1. The molecule has 3 heterocycles. The summed E-state index contributed by atoms with van der Waals surface area (Å²) in [6.07, 6.45) is -0.223. The third-order valence-electron chi connectivity index (χ3n) is 4.88. The lowest BCUT2D eigenvalue weighted by atomic mass is 10.00. The molecule has 1 aromatic carbocycles. The normalized spacial score (nSPS) is 22.5. The average Bonchev–Trinajstić information content (AvgIpc) is 3.03. The number of amides is 1. The minimum Gasteiger partial charge on any atom is -0.504 e. The number of hydrogen-bond donors (Lipinski definition) is 2. The minimum atomic E-state index is -0.849. The van der Waals surface area contributed by atoms with Gasteiger partial charge in [-0.05, 0) is 23.1 Å². The van der Waals surface area contributed by atoms with E-state index in [2.05, 4.69) is 0 Å². The van der Waals surface area contributed by atoms with Crippen LogP contribution in [0.5, 0.6) is 11.5 Å². The molecule has 2 N–H and O–H groups in total. The van der Waals surface area contributed by atoms with Crippen molar-refractivity contribution in [2.24, 2.45) is 0 Å². The van der Waals surface area contributed by atoms with E-state index in [1.165, 1.54) is 18.1 Å². The number of benzene rings is 1. The number of aromatic hydroxyl groups is 1. The number of aliphatic hydroxyl groups excluding tert-OH is 1. The van der Waals surface area contributed by atoms with Gasteiger partial charge < -0.3 is 24.7 Å².